The third-order valence-electron chi connectivity index (χ3n) is 2.12. The van der Waals surface area contributed by atoms with Gasteiger partial charge in [-0.05, 0) is 24.1 Å². The maximum atomic E-state index is 13.0. The summed E-state index contributed by atoms with van der Waals surface area (Å²) >= 11 is 0. The van der Waals surface area contributed by atoms with Crippen LogP contribution in [0.3, 0.4) is 0 Å². The van der Waals surface area contributed by atoms with Gasteiger partial charge in [0.25, 0.3) is 0 Å². The van der Waals surface area contributed by atoms with E-state index in [2.05, 4.69) is 4.74 Å². The van der Waals surface area contributed by atoms with Crippen LogP contribution in [-0.2, 0) is 11.3 Å². The highest BCUT2D eigenvalue weighted by Gasteiger charge is 2.13. The molecule has 1 N–H and O–H groups in total. The molecule has 1 aromatic rings. The standard InChI is InChI=1S/C12H15FO3/c1-2-3-11(13)16-12(15)10-6-4-9(8-14)5-7-10/h4-7,11,14H,2-3,8H2,1H3. The van der Waals surface area contributed by atoms with Crippen LogP contribution in [0.1, 0.15) is 35.7 Å². The monoisotopic (exact) mass is 226 g/mol. The van der Waals surface area contributed by atoms with E-state index in [1.165, 1.54) is 12.1 Å². The highest BCUT2D eigenvalue weighted by molar-refractivity contribution is 5.89. The Bertz CT molecular complexity index is 335. The van der Waals surface area contributed by atoms with Crippen LogP contribution in [0.2, 0.25) is 0 Å². The number of aliphatic hydroxyl groups excluding tert-OH is 1. The van der Waals surface area contributed by atoms with Crippen molar-refractivity contribution in [2.75, 3.05) is 0 Å². The molecule has 0 bridgehead atoms. The van der Waals surface area contributed by atoms with Crippen molar-refractivity contribution in [3.05, 3.63) is 35.4 Å². The fourth-order valence-electron chi connectivity index (χ4n) is 1.22. The molecule has 4 heteroatoms. The minimum atomic E-state index is -1.55. The Morgan fingerprint density at radius 2 is 2.06 bits per heavy atom. The first-order valence-corrected chi connectivity index (χ1v) is 5.22. The molecule has 0 radical (unpaired) electrons. The lowest BCUT2D eigenvalue weighted by atomic mass is 10.1. The summed E-state index contributed by atoms with van der Waals surface area (Å²) in [5.41, 5.74) is 0.984. The molecule has 3 nitrogen and oxygen atoms in total. The predicted octanol–water partition coefficient (Wildman–Crippen LogP) is 2.43. The molecule has 1 unspecified atom stereocenters. The van der Waals surface area contributed by atoms with E-state index in [1.54, 1.807) is 12.1 Å². The molecule has 0 spiro atoms. The second-order valence-electron chi connectivity index (χ2n) is 3.46. The Morgan fingerprint density at radius 3 is 2.56 bits per heavy atom. The first-order valence-electron chi connectivity index (χ1n) is 5.22. The van der Waals surface area contributed by atoms with Crippen molar-refractivity contribution in [3.8, 4) is 0 Å². The Labute approximate surface area is 93.9 Å². The Hall–Kier alpha value is -1.42. The summed E-state index contributed by atoms with van der Waals surface area (Å²) in [6.07, 6.45) is -0.715. The first kappa shape index (κ1) is 12.6. The van der Waals surface area contributed by atoms with Crippen LogP contribution in [0.4, 0.5) is 4.39 Å². The fourth-order valence-corrected chi connectivity index (χ4v) is 1.22. The van der Waals surface area contributed by atoms with Crippen molar-refractivity contribution >= 4 is 5.97 Å². The number of aliphatic hydroxyl groups is 1. The second kappa shape index (κ2) is 6.23. The normalized spacial score (nSPS) is 12.2. The van der Waals surface area contributed by atoms with Crippen LogP contribution in [0.15, 0.2) is 24.3 Å². The van der Waals surface area contributed by atoms with Gasteiger partial charge < -0.3 is 9.84 Å². The van der Waals surface area contributed by atoms with E-state index in [0.29, 0.717) is 12.0 Å². The third-order valence-corrected chi connectivity index (χ3v) is 2.12. The summed E-state index contributed by atoms with van der Waals surface area (Å²) in [5.74, 6) is -0.676. The first-order chi connectivity index (χ1) is 7.67. The van der Waals surface area contributed by atoms with Gasteiger partial charge in [-0.25, -0.2) is 9.18 Å². The van der Waals surface area contributed by atoms with Crippen molar-refractivity contribution in [1.82, 2.24) is 0 Å². The molecule has 0 aliphatic heterocycles. The lowest BCUT2D eigenvalue weighted by Gasteiger charge is -2.08. The average Bonchev–Trinajstić information content (AvgIpc) is 2.29. The van der Waals surface area contributed by atoms with Gasteiger partial charge in [0, 0.05) is 6.42 Å². The number of benzene rings is 1. The highest BCUT2D eigenvalue weighted by Crippen LogP contribution is 2.10. The maximum absolute atomic E-state index is 13.0. The molecule has 1 aromatic carbocycles. The van der Waals surface area contributed by atoms with Crippen molar-refractivity contribution in [2.24, 2.45) is 0 Å². The summed E-state index contributed by atoms with van der Waals surface area (Å²) in [7, 11) is 0. The Morgan fingerprint density at radius 1 is 1.44 bits per heavy atom. The third kappa shape index (κ3) is 3.62. The van der Waals surface area contributed by atoms with E-state index in [9.17, 15) is 9.18 Å². The van der Waals surface area contributed by atoms with Gasteiger partial charge in [-0.15, -0.1) is 0 Å². The van der Waals surface area contributed by atoms with Gasteiger partial charge in [0.1, 0.15) is 0 Å². The average molecular weight is 226 g/mol. The molecule has 0 saturated carbocycles. The molecule has 88 valence electrons. The van der Waals surface area contributed by atoms with Crippen molar-refractivity contribution < 1.29 is 19.0 Å². The second-order valence-corrected chi connectivity index (χ2v) is 3.46. The molecule has 1 rings (SSSR count). The van der Waals surface area contributed by atoms with Crippen LogP contribution in [0.25, 0.3) is 0 Å². The van der Waals surface area contributed by atoms with Crippen molar-refractivity contribution in [2.45, 2.75) is 32.7 Å². The number of hydrogen-bond acceptors (Lipinski definition) is 3. The van der Waals surface area contributed by atoms with E-state index >= 15 is 0 Å². The van der Waals surface area contributed by atoms with E-state index in [1.807, 2.05) is 6.92 Å². The van der Waals surface area contributed by atoms with Crippen LogP contribution < -0.4 is 0 Å². The number of carbonyl (C=O) groups excluding carboxylic acids is 1. The summed E-state index contributed by atoms with van der Waals surface area (Å²) < 4.78 is 17.6. The Balaban J connectivity index is 2.59. The van der Waals surface area contributed by atoms with Gasteiger partial charge in [-0.1, -0.05) is 19.1 Å². The number of esters is 1. The Kier molecular flexibility index (Phi) is 4.92. The molecule has 1 atom stereocenters. The van der Waals surface area contributed by atoms with Crippen LogP contribution >= 0.6 is 0 Å². The molecule has 0 amide bonds. The largest absolute Gasteiger partial charge is 0.428 e. The lowest BCUT2D eigenvalue weighted by molar-refractivity contribution is -0.0187. The zero-order chi connectivity index (χ0) is 12.0. The molecule has 0 aliphatic carbocycles. The predicted molar refractivity (Wildman–Crippen MR) is 57.6 cm³/mol. The smallest absolute Gasteiger partial charge is 0.340 e. The number of alkyl halides is 1. The number of carbonyl (C=O) groups is 1. The zero-order valence-electron chi connectivity index (χ0n) is 9.15. The maximum Gasteiger partial charge on any atom is 0.340 e. The van der Waals surface area contributed by atoms with Gasteiger partial charge in [0.15, 0.2) is 0 Å². The van der Waals surface area contributed by atoms with Gasteiger partial charge in [-0.3, -0.25) is 0 Å². The van der Waals surface area contributed by atoms with Crippen molar-refractivity contribution in [3.63, 3.8) is 0 Å². The minimum absolute atomic E-state index is 0.0864. The van der Waals surface area contributed by atoms with E-state index in [4.69, 9.17) is 5.11 Å². The number of rotatable bonds is 5. The molecule has 0 fully saturated rings. The minimum Gasteiger partial charge on any atom is -0.428 e. The lowest BCUT2D eigenvalue weighted by Crippen LogP contribution is -2.13. The summed E-state index contributed by atoms with van der Waals surface area (Å²) in [6, 6.07) is 6.21. The molecule has 0 saturated heterocycles. The zero-order valence-corrected chi connectivity index (χ0v) is 9.15. The number of ether oxygens (including phenoxy) is 1. The molecule has 0 aliphatic rings. The topological polar surface area (TPSA) is 46.5 Å². The highest BCUT2D eigenvalue weighted by atomic mass is 19.1. The quantitative estimate of drug-likeness (QED) is 0.784. The summed E-state index contributed by atoms with van der Waals surface area (Å²) in [4.78, 5) is 11.4. The van der Waals surface area contributed by atoms with E-state index in [0.717, 1.165) is 0 Å². The van der Waals surface area contributed by atoms with E-state index < -0.39 is 12.3 Å². The van der Waals surface area contributed by atoms with Gasteiger partial charge in [0.05, 0.1) is 12.2 Å². The van der Waals surface area contributed by atoms with Gasteiger partial charge in [0.2, 0.25) is 6.36 Å². The van der Waals surface area contributed by atoms with Crippen molar-refractivity contribution in [1.29, 1.82) is 0 Å². The molecule has 0 aromatic heterocycles. The molecule has 16 heavy (non-hydrogen) atoms. The van der Waals surface area contributed by atoms with Gasteiger partial charge >= 0.3 is 5.97 Å². The summed E-state index contributed by atoms with van der Waals surface area (Å²) in [5, 5.41) is 8.81. The van der Waals surface area contributed by atoms with Crippen LogP contribution in [0.5, 0.6) is 0 Å². The van der Waals surface area contributed by atoms with Crippen LogP contribution in [0, 0.1) is 0 Å². The molecule has 0 heterocycles. The molecular formula is C12H15FO3. The summed E-state index contributed by atoms with van der Waals surface area (Å²) in [6.45, 7) is 1.73. The van der Waals surface area contributed by atoms with Gasteiger partial charge in [-0.2, -0.15) is 0 Å². The molecular weight excluding hydrogens is 211 g/mol. The number of halogens is 1. The number of hydrogen-bond donors (Lipinski definition) is 1. The SMILES string of the molecule is CCCC(F)OC(=O)c1ccc(CO)cc1. The van der Waals surface area contributed by atoms with E-state index in [-0.39, 0.29) is 18.6 Å². The fraction of sp³-hybridized carbons (Fsp3) is 0.417. The van der Waals surface area contributed by atoms with Crippen LogP contribution in [-0.4, -0.2) is 17.4 Å².